The van der Waals surface area contributed by atoms with E-state index in [4.69, 9.17) is 34.4 Å². The molecule has 0 saturated heterocycles. The van der Waals surface area contributed by atoms with Gasteiger partial charge in [0.2, 0.25) is 0 Å². The van der Waals surface area contributed by atoms with Crippen LogP contribution in [0.1, 0.15) is 30.9 Å². The van der Waals surface area contributed by atoms with E-state index in [0.29, 0.717) is 23.6 Å². The summed E-state index contributed by atoms with van der Waals surface area (Å²) in [7, 11) is 0. The molecule has 0 spiro atoms. The minimum atomic E-state index is -0.583. The van der Waals surface area contributed by atoms with E-state index in [1.165, 1.54) is 12.1 Å². The highest BCUT2D eigenvalue weighted by Crippen LogP contribution is 2.32. The molecule has 0 heterocycles. The van der Waals surface area contributed by atoms with Crippen LogP contribution >= 0.6 is 23.2 Å². The lowest BCUT2D eigenvalue weighted by atomic mass is 9.78. The SMILES string of the molecule is C#CC(C)(CCCc1ccc(F)c(Oc2ccc(Cl)cc2)c1)c1ccc(F)c(Cl)c1. The monoisotopic (exact) mass is 444 g/mol. The molecular formula is C25H20Cl2F2O. The standard InChI is InChI=1S/C25H20Cl2F2O/c1-3-25(2,18-7-13-22(28)21(27)16-18)14-4-5-17-6-12-23(29)24(15-17)30-20-10-8-19(26)9-11-20/h1,6-13,15-16H,4-5,14H2,2H3. The molecule has 0 fully saturated rings. The first-order chi connectivity index (χ1) is 14.3. The lowest BCUT2D eigenvalue weighted by Crippen LogP contribution is -2.20. The van der Waals surface area contributed by atoms with Crippen molar-refractivity contribution in [3.8, 4) is 23.8 Å². The van der Waals surface area contributed by atoms with Crippen LogP contribution in [0.25, 0.3) is 0 Å². The maximum Gasteiger partial charge on any atom is 0.165 e. The van der Waals surface area contributed by atoms with Crippen LogP contribution < -0.4 is 4.74 Å². The lowest BCUT2D eigenvalue weighted by Gasteiger charge is -2.24. The molecular weight excluding hydrogens is 425 g/mol. The Morgan fingerprint density at radius 3 is 2.33 bits per heavy atom. The van der Waals surface area contributed by atoms with Crippen molar-refractivity contribution in [3.63, 3.8) is 0 Å². The van der Waals surface area contributed by atoms with E-state index in [1.807, 2.05) is 6.92 Å². The van der Waals surface area contributed by atoms with E-state index >= 15 is 0 Å². The maximum absolute atomic E-state index is 14.2. The molecule has 3 rings (SSSR count). The number of hydrogen-bond donors (Lipinski definition) is 0. The largest absolute Gasteiger partial charge is 0.454 e. The van der Waals surface area contributed by atoms with Gasteiger partial charge in [-0.15, -0.1) is 6.42 Å². The number of halogens is 4. The third-order valence-corrected chi connectivity index (χ3v) is 5.60. The molecule has 0 aromatic heterocycles. The second-order valence-electron chi connectivity index (χ2n) is 7.28. The second-order valence-corrected chi connectivity index (χ2v) is 8.12. The van der Waals surface area contributed by atoms with Gasteiger partial charge in [-0.2, -0.15) is 0 Å². The van der Waals surface area contributed by atoms with Gasteiger partial charge in [-0.25, -0.2) is 8.78 Å². The predicted octanol–water partition coefficient (Wildman–Crippen LogP) is 7.98. The predicted molar refractivity (Wildman–Crippen MR) is 118 cm³/mol. The van der Waals surface area contributed by atoms with Crippen LogP contribution in [0, 0.1) is 24.0 Å². The van der Waals surface area contributed by atoms with Crippen molar-refractivity contribution in [3.05, 3.63) is 93.5 Å². The summed E-state index contributed by atoms with van der Waals surface area (Å²) >= 11 is 11.8. The fourth-order valence-corrected chi connectivity index (χ4v) is 3.50. The minimum absolute atomic E-state index is 0.0523. The van der Waals surface area contributed by atoms with E-state index in [9.17, 15) is 8.78 Å². The summed E-state index contributed by atoms with van der Waals surface area (Å²) in [6.07, 6.45) is 7.88. The fraction of sp³-hybridized carbons (Fsp3) is 0.200. The van der Waals surface area contributed by atoms with Gasteiger partial charge >= 0.3 is 0 Å². The van der Waals surface area contributed by atoms with Crippen molar-refractivity contribution in [1.29, 1.82) is 0 Å². The minimum Gasteiger partial charge on any atom is -0.454 e. The molecule has 0 bridgehead atoms. The molecule has 3 aromatic carbocycles. The first kappa shape index (κ1) is 22.2. The van der Waals surface area contributed by atoms with Gasteiger partial charge in [0.25, 0.3) is 0 Å². The number of aryl methyl sites for hydroxylation is 1. The van der Waals surface area contributed by atoms with Crippen LogP contribution in [0.15, 0.2) is 60.7 Å². The molecule has 1 unspecified atom stereocenters. The van der Waals surface area contributed by atoms with Gasteiger partial charge in [0.05, 0.1) is 10.4 Å². The number of ether oxygens (including phenoxy) is 1. The molecule has 1 atom stereocenters. The number of terminal acetylenes is 1. The van der Waals surface area contributed by atoms with E-state index < -0.39 is 17.0 Å². The summed E-state index contributed by atoms with van der Waals surface area (Å²) < 4.78 is 33.3. The molecule has 0 radical (unpaired) electrons. The Hall–Kier alpha value is -2.54. The average Bonchev–Trinajstić information content (AvgIpc) is 2.73. The van der Waals surface area contributed by atoms with Gasteiger partial charge in [0, 0.05) is 5.02 Å². The first-order valence-electron chi connectivity index (χ1n) is 9.46. The Morgan fingerprint density at radius 2 is 1.67 bits per heavy atom. The Kier molecular flexibility index (Phi) is 7.02. The molecule has 154 valence electrons. The number of hydrogen-bond acceptors (Lipinski definition) is 1. The van der Waals surface area contributed by atoms with Gasteiger partial charge in [-0.1, -0.05) is 41.3 Å². The van der Waals surface area contributed by atoms with Crippen LogP contribution in [0.3, 0.4) is 0 Å². The molecule has 0 amide bonds. The maximum atomic E-state index is 14.2. The van der Waals surface area contributed by atoms with Crippen LogP contribution in [0.5, 0.6) is 11.5 Å². The third-order valence-electron chi connectivity index (χ3n) is 5.05. The van der Waals surface area contributed by atoms with Crippen molar-refractivity contribution in [2.24, 2.45) is 0 Å². The van der Waals surface area contributed by atoms with E-state index in [-0.39, 0.29) is 10.8 Å². The molecule has 5 heteroatoms. The summed E-state index contributed by atoms with van der Waals surface area (Å²) in [6, 6.07) is 16.1. The van der Waals surface area contributed by atoms with Crippen molar-refractivity contribution >= 4 is 23.2 Å². The van der Waals surface area contributed by atoms with Gasteiger partial charge in [-0.3, -0.25) is 0 Å². The van der Waals surface area contributed by atoms with Gasteiger partial charge in [0.15, 0.2) is 11.6 Å². The van der Waals surface area contributed by atoms with Crippen LogP contribution in [-0.4, -0.2) is 0 Å². The second kappa shape index (κ2) is 9.51. The van der Waals surface area contributed by atoms with Crippen LogP contribution in [0.2, 0.25) is 10.0 Å². The van der Waals surface area contributed by atoms with E-state index in [1.54, 1.807) is 48.5 Å². The highest BCUT2D eigenvalue weighted by molar-refractivity contribution is 6.31. The molecule has 0 aliphatic rings. The van der Waals surface area contributed by atoms with Crippen molar-refractivity contribution in [2.75, 3.05) is 0 Å². The summed E-state index contributed by atoms with van der Waals surface area (Å²) in [5.74, 6) is 2.55. The van der Waals surface area contributed by atoms with Gasteiger partial charge < -0.3 is 4.74 Å². The van der Waals surface area contributed by atoms with Crippen molar-refractivity contribution in [1.82, 2.24) is 0 Å². The third kappa shape index (κ3) is 5.33. The fourth-order valence-electron chi connectivity index (χ4n) is 3.20. The summed E-state index contributed by atoms with van der Waals surface area (Å²) in [6.45, 7) is 1.93. The van der Waals surface area contributed by atoms with E-state index in [2.05, 4.69) is 5.92 Å². The van der Waals surface area contributed by atoms with Crippen molar-refractivity contribution < 1.29 is 13.5 Å². The summed E-state index contributed by atoms with van der Waals surface area (Å²) in [4.78, 5) is 0. The quantitative estimate of drug-likeness (QED) is 0.335. The molecule has 0 aliphatic carbocycles. The topological polar surface area (TPSA) is 9.23 Å². The van der Waals surface area contributed by atoms with Gasteiger partial charge in [-0.05, 0) is 85.8 Å². The zero-order valence-electron chi connectivity index (χ0n) is 16.4. The Balaban J connectivity index is 1.68. The van der Waals surface area contributed by atoms with E-state index in [0.717, 1.165) is 17.5 Å². The van der Waals surface area contributed by atoms with Crippen LogP contribution in [0.4, 0.5) is 8.78 Å². The molecule has 0 saturated carbocycles. The van der Waals surface area contributed by atoms with Gasteiger partial charge in [0.1, 0.15) is 11.6 Å². The average molecular weight is 445 g/mol. The zero-order valence-corrected chi connectivity index (χ0v) is 17.9. The summed E-state index contributed by atoms with van der Waals surface area (Å²) in [5.41, 5.74) is 1.14. The highest BCUT2D eigenvalue weighted by atomic mass is 35.5. The van der Waals surface area contributed by atoms with Crippen LogP contribution in [-0.2, 0) is 11.8 Å². The molecule has 0 aliphatic heterocycles. The first-order valence-corrected chi connectivity index (χ1v) is 10.2. The number of rotatable bonds is 7. The smallest absolute Gasteiger partial charge is 0.165 e. The zero-order chi connectivity index (χ0) is 21.7. The van der Waals surface area contributed by atoms with Crippen molar-refractivity contribution in [2.45, 2.75) is 31.6 Å². The Labute approximate surface area is 185 Å². The Morgan fingerprint density at radius 1 is 0.967 bits per heavy atom. The molecule has 3 aromatic rings. The molecule has 1 nitrogen and oxygen atoms in total. The summed E-state index contributed by atoms with van der Waals surface area (Å²) in [5, 5.41) is 0.632. The number of benzene rings is 3. The molecule has 30 heavy (non-hydrogen) atoms. The lowest BCUT2D eigenvalue weighted by molar-refractivity contribution is 0.441. The molecule has 0 N–H and O–H groups in total. The highest BCUT2D eigenvalue weighted by Gasteiger charge is 2.24. The normalized spacial score (nSPS) is 12.8. The Bertz CT molecular complexity index is 1070.